The Morgan fingerprint density at radius 3 is 2.44 bits per heavy atom. The van der Waals surface area contributed by atoms with Crippen molar-refractivity contribution >= 4 is 17.5 Å². The molecule has 0 bridgehead atoms. The molecule has 0 aliphatic heterocycles. The van der Waals surface area contributed by atoms with Gasteiger partial charge in [-0.1, -0.05) is 29.8 Å². The molecule has 5 nitrogen and oxygen atoms in total. The van der Waals surface area contributed by atoms with E-state index in [1.54, 1.807) is 6.20 Å². The number of nitrogens with one attached hydrogen (secondary N) is 2. The summed E-state index contributed by atoms with van der Waals surface area (Å²) >= 11 is 0. The third kappa shape index (κ3) is 4.94. The van der Waals surface area contributed by atoms with Crippen LogP contribution < -0.4 is 15.4 Å². The first-order chi connectivity index (χ1) is 12.2. The maximum Gasteiger partial charge on any atom is 0.229 e. The number of rotatable bonds is 7. The molecule has 0 saturated heterocycles. The molecule has 128 valence electrons. The molecular formula is C20H22N4O. The van der Waals surface area contributed by atoms with Gasteiger partial charge in [0.2, 0.25) is 5.95 Å². The summed E-state index contributed by atoms with van der Waals surface area (Å²) in [6.07, 6.45) is 1.74. The average Bonchev–Trinajstić information content (AvgIpc) is 2.64. The van der Waals surface area contributed by atoms with E-state index < -0.39 is 0 Å². The molecule has 2 aromatic carbocycles. The highest BCUT2D eigenvalue weighted by Crippen LogP contribution is 2.19. The molecule has 1 heterocycles. The minimum absolute atomic E-state index is 0.554. The van der Waals surface area contributed by atoms with Crippen LogP contribution in [0.2, 0.25) is 0 Å². The fourth-order valence-corrected chi connectivity index (χ4v) is 2.35. The first kappa shape index (κ1) is 16.8. The molecule has 0 atom stereocenters. The average molecular weight is 334 g/mol. The lowest BCUT2D eigenvalue weighted by molar-refractivity contribution is 0.340. The second-order valence-electron chi connectivity index (χ2n) is 5.69. The van der Waals surface area contributed by atoms with Crippen LogP contribution in [-0.4, -0.2) is 16.6 Å². The van der Waals surface area contributed by atoms with Gasteiger partial charge >= 0.3 is 0 Å². The molecule has 3 aromatic rings. The first-order valence-electron chi connectivity index (χ1n) is 8.35. The zero-order valence-corrected chi connectivity index (χ0v) is 14.5. The second kappa shape index (κ2) is 8.15. The maximum atomic E-state index is 5.44. The van der Waals surface area contributed by atoms with Crippen molar-refractivity contribution in [3.8, 4) is 5.75 Å². The van der Waals surface area contributed by atoms with Gasteiger partial charge in [0.1, 0.15) is 11.6 Å². The molecule has 25 heavy (non-hydrogen) atoms. The number of hydrogen-bond acceptors (Lipinski definition) is 5. The second-order valence-corrected chi connectivity index (χ2v) is 5.69. The van der Waals surface area contributed by atoms with Crippen LogP contribution in [-0.2, 0) is 6.54 Å². The summed E-state index contributed by atoms with van der Waals surface area (Å²) in [5, 5.41) is 6.52. The number of benzene rings is 2. The van der Waals surface area contributed by atoms with Gasteiger partial charge in [-0.05, 0) is 49.7 Å². The SMILES string of the molecule is CCOc1ccc(Nc2nccc(NCc3ccc(C)cc3)n2)cc1. The van der Waals surface area contributed by atoms with Gasteiger partial charge in [-0.2, -0.15) is 4.98 Å². The molecule has 0 aliphatic carbocycles. The van der Waals surface area contributed by atoms with Crippen molar-refractivity contribution < 1.29 is 4.74 Å². The Hall–Kier alpha value is -3.08. The van der Waals surface area contributed by atoms with Crippen molar-refractivity contribution in [3.63, 3.8) is 0 Å². The summed E-state index contributed by atoms with van der Waals surface area (Å²) in [5.74, 6) is 2.18. The highest BCUT2D eigenvalue weighted by molar-refractivity contribution is 5.55. The monoisotopic (exact) mass is 334 g/mol. The van der Waals surface area contributed by atoms with E-state index in [4.69, 9.17) is 4.74 Å². The molecule has 0 spiro atoms. The van der Waals surface area contributed by atoms with Crippen molar-refractivity contribution in [3.05, 3.63) is 71.9 Å². The lowest BCUT2D eigenvalue weighted by Crippen LogP contribution is -2.04. The van der Waals surface area contributed by atoms with E-state index in [2.05, 4.69) is 51.8 Å². The molecule has 3 rings (SSSR count). The molecule has 1 aromatic heterocycles. The Labute approximate surface area is 148 Å². The van der Waals surface area contributed by atoms with E-state index in [1.807, 2.05) is 37.3 Å². The van der Waals surface area contributed by atoms with Crippen molar-refractivity contribution in [2.45, 2.75) is 20.4 Å². The molecule has 0 radical (unpaired) electrons. The van der Waals surface area contributed by atoms with Gasteiger partial charge < -0.3 is 15.4 Å². The van der Waals surface area contributed by atoms with Gasteiger partial charge in [0.25, 0.3) is 0 Å². The normalized spacial score (nSPS) is 10.3. The van der Waals surface area contributed by atoms with E-state index in [9.17, 15) is 0 Å². The van der Waals surface area contributed by atoms with Crippen LogP contribution in [0.5, 0.6) is 5.75 Å². The third-order valence-electron chi connectivity index (χ3n) is 3.67. The standard InChI is InChI=1S/C20H22N4O/c1-3-25-18-10-8-17(9-11-18)23-20-21-13-12-19(24-20)22-14-16-6-4-15(2)5-7-16/h4-13H,3,14H2,1-2H3,(H2,21,22,23,24). The van der Waals surface area contributed by atoms with Gasteiger partial charge in [0, 0.05) is 18.4 Å². The number of anilines is 3. The molecule has 0 saturated carbocycles. The van der Waals surface area contributed by atoms with Gasteiger partial charge in [-0.15, -0.1) is 0 Å². The van der Waals surface area contributed by atoms with Gasteiger partial charge in [-0.3, -0.25) is 0 Å². The van der Waals surface area contributed by atoms with E-state index in [1.165, 1.54) is 11.1 Å². The fraction of sp³-hybridized carbons (Fsp3) is 0.200. The van der Waals surface area contributed by atoms with Crippen molar-refractivity contribution in [2.24, 2.45) is 0 Å². The van der Waals surface area contributed by atoms with Gasteiger partial charge in [-0.25, -0.2) is 4.98 Å². The smallest absolute Gasteiger partial charge is 0.229 e. The third-order valence-corrected chi connectivity index (χ3v) is 3.67. The first-order valence-corrected chi connectivity index (χ1v) is 8.35. The number of hydrogen-bond donors (Lipinski definition) is 2. The molecule has 0 unspecified atom stereocenters. The topological polar surface area (TPSA) is 59.1 Å². The van der Waals surface area contributed by atoms with Gasteiger partial charge in [0.15, 0.2) is 0 Å². The Bertz CT molecular complexity index is 801. The Kier molecular flexibility index (Phi) is 5.46. The molecular weight excluding hydrogens is 312 g/mol. The number of ether oxygens (including phenoxy) is 1. The minimum atomic E-state index is 0.554. The van der Waals surface area contributed by atoms with Crippen molar-refractivity contribution in [2.75, 3.05) is 17.2 Å². The van der Waals surface area contributed by atoms with Crippen molar-refractivity contribution in [1.82, 2.24) is 9.97 Å². The zero-order valence-electron chi connectivity index (χ0n) is 14.5. The van der Waals surface area contributed by atoms with Gasteiger partial charge in [0.05, 0.1) is 6.61 Å². The summed E-state index contributed by atoms with van der Waals surface area (Å²) in [4.78, 5) is 8.76. The predicted molar refractivity (Wildman–Crippen MR) is 101 cm³/mol. The Morgan fingerprint density at radius 1 is 0.960 bits per heavy atom. The lowest BCUT2D eigenvalue weighted by Gasteiger charge is -2.09. The largest absolute Gasteiger partial charge is 0.494 e. The highest BCUT2D eigenvalue weighted by Gasteiger charge is 2.01. The van der Waals surface area contributed by atoms with Crippen LogP contribution in [0.4, 0.5) is 17.5 Å². The maximum absolute atomic E-state index is 5.44. The fourth-order valence-electron chi connectivity index (χ4n) is 2.35. The number of aryl methyl sites for hydroxylation is 1. The van der Waals surface area contributed by atoms with Crippen LogP contribution in [0.25, 0.3) is 0 Å². The van der Waals surface area contributed by atoms with Crippen LogP contribution in [0.15, 0.2) is 60.8 Å². The lowest BCUT2D eigenvalue weighted by atomic mass is 10.1. The van der Waals surface area contributed by atoms with Crippen LogP contribution in [0.1, 0.15) is 18.1 Å². The quantitative estimate of drug-likeness (QED) is 0.664. The van der Waals surface area contributed by atoms with E-state index >= 15 is 0 Å². The van der Waals surface area contributed by atoms with Crippen LogP contribution in [0, 0.1) is 6.92 Å². The molecule has 0 amide bonds. The zero-order chi connectivity index (χ0) is 17.5. The molecule has 2 N–H and O–H groups in total. The van der Waals surface area contributed by atoms with Crippen molar-refractivity contribution in [1.29, 1.82) is 0 Å². The highest BCUT2D eigenvalue weighted by atomic mass is 16.5. The number of aromatic nitrogens is 2. The summed E-state index contributed by atoms with van der Waals surface area (Å²) in [5.41, 5.74) is 3.39. The summed E-state index contributed by atoms with van der Waals surface area (Å²) < 4.78 is 5.44. The molecule has 0 aliphatic rings. The summed E-state index contributed by atoms with van der Waals surface area (Å²) in [6, 6.07) is 18.0. The molecule has 0 fully saturated rings. The Morgan fingerprint density at radius 2 is 1.72 bits per heavy atom. The van der Waals surface area contributed by atoms with E-state index in [-0.39, 0.29) is 0 Å². The predicted octanol–water partition coefficient (Wildman–Crippen LogP) is 4.54. The molecule has 5 heteroatoms. The van der Waals surface area contributed by atoms with Crippen LogP contribution in [0.3, 0.4) is 0 Å². The van der Waals surface area contributed by atoms with Crippen LogP contribution >= 0.6 is 0 Å². The minimum Gasteiger partial charge on any atom is -0.494 e. The van der Waals surface area contributed by atoms with E-state index in [0.29, 0.717) is 12.6 Å². The van der Waals surface area contributed by atoms with E-state index in [0.717, 1.165) is 23.8 Å². The summed E-state index contributed by atoms with van der Waals surface area (Å²) in [7, 11) is 0. The summed E-state index contributed by atoms with van der Waals surface area (Å²) in [6.45, 7) is 5.43. The number of nitrogens with zero attached hydrogens (tertiary/aromatic N) is 2. The Balaban J connectivity index is 1.61.